The van der Waals surface area contributed by atoms with Crippen LogP contribution in [0.2, 0.25) is 0 Å². The van der Waals surface area contributed by atoms with Crippen LogP contribution in [0.15, 0.2) is 11.6 Å². The Balaban J connectivity index is 0.936. The van der Waals surface area contributed by atoms with Gasteiger partial charge in [-0.15, -0.1) is 0 Å². The number of aliphatic hydroxyl groups excluding tert-OH is 11. The Morgan fingerprint density at radius 3 is 1.84 bits per heavy atom. The summed E-state index contributed by atoms with van der Waals surface area (Å²) in [6.45, 7) is 14.7. The second kappa shape index (κ2) is 19.6. The minimum Gasteiger partial charge on any atom is -0.456 e. The van der Waals surface area contributed by atoms with E-state index in [0.717, 1.165) is 32.1 Å². The van der Waals surface area contributed by atoms with Crippen LogP contribution in [0.5, 0.6) is 0 Å². The van der Waals surface area contributed by atoms with E-state index in [0.29, 0.717) is 25.7 Å². The van der Waals surface area contributed by atoms with E-state index in [9.17, 15) is 66.1 Å². The van der Waals surface area contributed by atoms with Gasteiger partial charge in [0, 0.05) is 5.92 Å². The number of esters is 1. The fourth-order valence-corrected chi connectivity index (χ4v) is 16.9. The molecule has 12 N–H and O–H groups in total. The fraction of sp³-hybridized carbons (Fsp3) is 0.943. The van der Waals surface area contributed by atoms with Crippen LogP contribution < -0.4 is 0 Å². The van der Waals surface area contributed by atoms with Crippen LogP contribution in [-0.2, 0) is 47.4 Å². The number of aliphatic hydroxyl groups is 12. The van der Waals surface area contributed by atoms with Crippen LogP contribution in [0, 0.1) is 44.8 Å². The van der Waals surface area contributed by atoms with Crippen LogP contribution in [0.1, 0.15) is 113 Å². The van der Waals surface area contributed by atoms with Gasteiger partial charge < -0.3 is 104 Å². The summed E-state index contributed by atoms with van der Waals surface area (Å²) < 4.78 is 55.6. The highest BCUT2D eigenvalue weighted by Crippen LogP contribution is 2.77. The second-order valence-electron chi connectivity index (χ2n) is 25.8. The summed E-state index contributed by atoms with van der Waals surface area (Å²) in [5.74, 6) is -0.192. The topological polar surface area (TPSA) is 343 Å². The monoisotopic (exact) mass is 1070 g/mol. The van der Waals surface area contributed by atoms with E-state index in [1.807, 2.05) is 13.8 Å². The maximum absolute atomic E-state index is 13.9. The molecule has 6 aliphatic heterocycles. The molecule has 11 rings (SSSR count). The summed E-state index contributed by atoms with van der Waals surface area (Å²) in [4.78, 5) is 13.9. The largest absolute Gasteiger partial charge is 0.456 e. The molecule has 428 valence electrons. The van der Waals surface area contributed by atoms with Crippen molar-refractivity contribution in [3.05, 3.63) is 11.6 Å². The summed E-state index contributed by atoms with van der Waals surface area (Å²) in [6, 6.07) is 0. The van der Waals surface area contributed by atoms with Gasteiger partial charge in [0.25, 0.3) is 0 Å². The third kappa shape index (κ3) is 8.34. The zero-order chi connectivity index (χ0) is 54.5. The number of carbonyl (C=O) groups excluding carboxylic acids is 1. The average Bonchev–Trinajstić information content (AvgIpc) is 3.36. The third-order valence-electron chi connectivity index (χ3n) is 21.9. The first-order valence-electron chi connectivity index (χ1n) is 27.3. The Morgan fingerprint density at radius 1 is 0.600 bits per heavy atom. The van der Waals surface area contributed by atoms with Crippen molar-refractivity contribution in [2.45, 2.75) is 247 Å². The smallest absolute Gasteiger partial charge is 0.313 e. The predicted octanol–water partition coefficient (Wildman–Crippen LogP) is -1.24. The zero-order valence-corrected chi connectivity index (χ0v) is 44.3. The number of carbonyl (C=O) groups is 1. The number of hydrogen-bond donors (Lipinski definition) is 12. The quantitative estimate of drug-likeness (QED) is 0.0692. The van der Waals surface area contributed by atoms with Crippen molar-refractivity contribution in [2.75, 3.05) is 19.8 Å². The number of rotatable bonds is 10. The highest BCUT2D eigenvalue weighted by molar-refractivity contribution is 5.82. The van der Waals surface area contributed by atoms with Crippen molar-refractivity contribution in [3.8, 4) is 0 Å². The van der Waals surface area contributed by atoms with E-state index in [2.05, 4.69) is 40.7 Å². The Bertz CT molecular complexity index is 2140. The SMILES string of the molecule is C[C@@H]1O[C@@H](O[C@H]2[C@H](O[C@H]3CC[C@]4(C)[C@H]5CC=C6[C@H]7[C@]8(CC[C@](C)(OC8=O)[C@@]7(C)O)CC[C@@]6(C)[C@]5(C)CC[C@H]4C3(C)C)OC[C@H](O)[C@@H]2O[C@@H]2O[C@H](CO)[C@@H](O)[C@H](O)[C@H]2O[C@@H]2OC(CO)[C@@H](O)[C@H](O)[C@H]2O)[C@H](O)[C@H](O)[C@H]1O. The Hall–Kier alpha value is -1.59. The highest BCUT2D eigenvalue weighted by Gasteiger charge is 2.77. The molecule has 22 nitrogen and oxygen atoms in total. The standard InChI is InChI=1S/C53H84O22/c1-22-30(57)33(60)36(63)42(68-22)74-40-38(72-45-39(35(62)32(59)26(20-55)70-45)73-43-37(64)34(61)31(58)25(19-54)69-43)24(56)21-67-44(40)71-29-12-13-48(4)27(47(29,2)3)11-14-50(6)28(48)10-9-23-41-52(8,66)51(7)16-18-53(41,46(65)75-51)17-15-49(23,50)5/h9,22,24-45,54-64,66H,10-21H2,1-8H3/t22-,24-,25?,26+,27-,28+,29-,30-,31+,32+,33+,34-,35-,36+,37+,38-,39+,40+,41+,42-,43-,44-,45-,48-,49+,50+,51-,52-,53+/m0/s1. The lowest BCUT2D eigenvalue weighted by atomic mass is 9.32. The van der Waals surface area contributed by atoms with E-state index >= 15 is 0 Å². The van der Waals surface area contributed by atoms with E-state index in [4.69, 9.17) is 42.6 Å². The molecular weight excluding hydrogens is 989 g/mol. The van der Waals surface area contributed by atoms with Crippen LogP contribution in [0.3, 0.4) is 0 Å². The summed E-state index contributed by atoms with van der Waals surface area (Å²) in [5, 5.41) is 132. The highest BCUT2D eigenvalue weighted by atomic mass is 16.8. The van der Waals surface area contributed by atoms with Crippen molar-refractivity contribution >= 4 is 5.97 Å². The molecule has 11 aliphatic rings. The maximum Gasteiger partial charge on any atom is 0.313 e. The Kier molecular flexibility index (Phi) is 14.8. The number of allylic oxidation sites excluding steroid dienone is 1. The molecule has 0 radical (unpaired) electrons. The molecule has 2 bridgehead atoms. The Morgan fingerprint density at radius 2 is 1.19 bits per heavy atom. The van der Waals surface area contributed by atoms with E-state index in [1.165, 1.54) is 12.5 Å². The Labute approximate surface area is 437 Å². The molecule has 0 aromatic carbocycles. The normalized spacial score (nSPS) is 57.4. The third-order valence-corrected chi connectivity index (χ3v) is 21.9. The lowest BCUT2D eigenvalue weighted by Crippen LogP contribution is -2.75. The maximum atomic E-state index is 13.9. The predicted molar refractivity (Wildman–Crippen MR) is 255 cm³/mol. The molecule has 1 unspecified atom stereocenters. The van der Waals surface area contributed by atoms with Crippen molar-refractivity contribution in [2.24, 2.45) is 44.8 Å². The number of ether oxygens (including phenoxy) is 9. The van der Waals surface area contributed by atoms with Gasteiger partial charge in [-0.2, -0.15) is 0 Å². The summed E-state index contributed by atoms with van der Waals surface area (Å²) >= 11 is 0. The first kappa shape index (κ1) is 56.7. The summed E-state index contributed by atoms with van der Waals surface area (Å²) in [7, 11) is 0. The molecule has 0 amide bonds. The van der Waals surface area contributed by atoms with Crippen LogP contribution in [0.25, 0.3) is 0 Å². The lowest BCUT2D eigenvalue weighted by molar-refractivity contribution is -0.401. The van der Waals surface area contributed by atoms with Crippen molar-refractivity contribution in [1.29, 1.82) is 0 Å². The average molecular weight is 1070 g/mol. The van der Waals surface area contributed by atoms with Gasteiger partial charge in [0.05, 0.1) is 37.4 Å². The molecule has 22 heteroatoms. The number of hydrogen-bond acceptors (Lipinski definition) is 22. The molecule has 1 spiro atoms. The van der Waals surface area contributed by atoms with Crippen molar-refractivity contribution < 1.29 is 109 Å². The van der Waals surface area contributed by atoms with E-state index in [-0.39, 0.29) is 40.0 Å². The molecular formula is C53H84O22. The molecule has 29 atom stereocenters. The van der Waals surface area contributed by atoms with Gasteiger partial charge in [0.1, 0.15) is 96.7 Å². The summed E-state index contributed by atoms with van der Waals surface area (Å²) in [6.07, 6.45) is -23.3. The molecule has 0 aromatic rings. The van der Waals surface area contributed by atoms with Crippen LogP contribution in [0.4, 0.5) is 0 Å². The summed E-state index contributed by atoms with van der Waals surface area (Å²) in [5.41, 5.74) is -2.99. The molecule has 4 saturated carbocycles. The van der Waals surface area contributed by atoms with Crippen LogP contribution in [-0.4, -0.2) is 221 Å². The van der Waals surface area contributed by atoms with Gasteiger partial charge in [0.15, 0.2) is 25.2 Å². The van der Waals surface area contributed by atoms with Gasteiger partial charge in [0.2, 0.25) is 0 Å². The molecule has 6 heterocycles. The van der Waals surface area contributed by atoms with Crippen molar-refractivity contribution in [1.82, 2.24) is 0 Å². The first-order chi connectivity index (χ1) is 35.1. The first-order valence-corrected chi connectivity index (χ1v) is 27.3. The molecule has 75 heavy (non-hydrogen) atoms. The van der Waals surface area contributed by atoms with Gasteiger partial charge in [-0.1, -0.05) is 46.3 Å². The molecule has 6 saturated heterocycles. The zero-order valence-electron chi connectivity index (χ0n) is 44.3. The van der Waals surface area contributed by atoms with Crippen molar-refractivity contribution in [3.63, 3.8) is 0 Å². The van der Waals surface area contributed by atoms with E-state index < -0.39 is 165 Å². The van der Waals surface area contributed by atoms with Gasteiger partial charge in [-0.3, -0.25) is 4.79 Å². The molecule has 5 aliphatic carbocycles. The van der Waals surface area contributed by atoms with Gasteiger partial charge in [-0.05, 0) is 112 Å². The molecule has 0 aromatic heterocycles. The minimum atomic E-state index is -1.96. The van der Waals surface area contributed by atoms with E-state index in [1.54, 1.807) is 0 Å². The van der Waals surface area contributed by atoms with Gasteiger partial charge >= 0.3 is 5.97 Å². The van der Waals surface area contributed by atoms with Gasteiger partial charge in [-0.25, -0.2) is 0 Å². The molecule has 10 fully saturated rings. The number of fused-ring (bicyclic) bond motifs is 7. The van der Waals surface area contributed by atoms with Crippen LogP contribution >= 0.6 is 0 Å². The lowest BCUT2D eigenvalue weighted by Gasteiger charge is -2.73. The fourth-order valence-electron chi connectivity index (χ4n) is 16.9. The second-order valence-corrected chi connectivity index (χ2v) is 25.8. The minimum absolute atomic E-state index is 0.110.